The van der Waals surface area contributed by atoms with E-state index in [4.69, 9.17) is 0 Å². The van der Waals surface area contributed by atoms with Crippen molar-refractivity contribution in [3.05, 3.63) is 0 Å². The van der Waals surface area contributed by atoms with E-state index in [1.807, 2.05) is 0 Å². The molecule has 0 aliphatic rings. The van der Waals surface area contributed by atoms with E-state index in [0.29, 0.717) is 6.42 Å². The molecule has 0 rings (SSSR count). The van der Waals surface area contributed by atoms with E-state index in [1.165, 1.54) is 90.4 Å². The number of unbranched alkanes of at least 4 members (excludes halogenated alkanes) is 15. The van der Waals surface area contributed by atoms with Gasteiger partial charge in [0.05, 0.1) is 16.2 Å². The van der Waals surface area contributed by atoms with E-state index < -0.39 is 15.4 Å². The summed E-state index contributed by atoms with van der Waals surface area (Å²) in [5.41, 5.74) is 0. The first-order chi connectivity index (χ1) is 13.9. The summed E-state index contributed by atoms with van der Waals surface area (Å²) in [5.74, 6) is 0. The zero-order chi connectivity index (χ0) is 21.8. The number of rotatable bonds is 22. The Balaban J connectivity index is 0. The molecule has 0 spiro atoms. The van der Waals surface area contributed by atoms with Gasteiger partial charge in [-0.2, -0.15) is 0 Å². The molecule has 0 heterocycles. The van der Waals surface area contributed by atoms with Gasteiger partial charge in [0.25, 0.3) is 0 Å². The Hall–Kier alpha value is 1.51. The van der Waals surface area contributed by atoms with Gasteiger partial charge in [-0.25, -0.2) is 8.42 Å². The van der Waals surface area contributed by atoms with Crippen LogP contribution in [0.1, 0.15) is 142 Å². The van der Waals surface area contributed by atoms with E-state index in [-0.39, 0.29) is 57.5 Å². The van der Waals surface area contributed by atoms with E-state index in [1.54, 1.807) is 0 Å². The van der Waals surface area contributed by atoms with Gasteiger partial charge in [-0.1, -0.05) is 116 Å². The van der Waals surface area contributed by atoms with Crippen LogP contribution in [0.25, 0.3) is 0 Å². The second kappa shape index (κ2) is 23.7. The van der Waals surface area contributed by atoms with Crippen molar-refractivity contribution < 1.29 is 69.5 Å². The second-order valence-corrected chi connectivity index (χ2v) is 10.8. The summed E-state index contributed by atoms with van der Waals surface area (Å²) in [6.07, 6.45) is 23.2. The minimum absolute atomic E-state index is 0. The van der Waals surface area contributed by atoms with Crippen LogP contribution in [0.2, 0.25) is 0 Å². The first kappa shape index (κ1) is 33.7. The maximum Gasteiger partial charge on any atom is 1.00 e. The first-order valence-corrected chi connectivity index (χ1v) is 14.0. The van der Waals surface area contributed by atoms with Crippen LogP contribution in [0.15, 0.2) is 0 Å². The number of hydrogen-bond donors (Lipinski definition) is 1. The zero-order valence-electron chi connectivity index (χ0n) is 20.4. The van der Waals surface area contributed by atoms with Gasteiger partial charge >= 0.3 is 51.4 Å². The molecule has 0 saturated heterocycles. The molecular weight excluding hydrogens is 423 g/mol. The Kier molecular flexibility index (Phi) is 26.6. The Labute approximate surface area is 230 Å². The van der Waals surface area contributed by atoms with Gasteiger partial charge in [-0.05, 0) is 26.2 Å². The van der Waals surface area contributed by atoms with Crippen LogP contribution in [0.4, 0.5) is 0 Å². The van der Waals surface area contributed by atoms with Crippen LogP contribution in [0.5, 0.6) is 0 Å². The monoisotopic (exact) mass is 472 g/mol. The van der Waals surface area contributed by atoms with E-state index in [0.717, 1.165) is 38.5 Å². The molecule has 0 amide bonds. The van der Waals surface area contributed by atoms with Gasteiger partial charge in [-0.15, -0.1) is 0 Å². The van der Waals surface area contributed by atoms with E-state index >= 15 is 0 Å². The van der Waals surface area contributed by atoms with Gasteiger partial charge in [0, 0.05) is 5.25 Å². The minimum Gasteiger partial charge on any atom is -0.748 e. The van der Waals surface area contributed by atoms with Crippen LogP contribution in [-0.4, -0.2) is 29.4 Å². The average Bonchev–Trinajstić information content (AvgIpc) is 2.67. The summed E-state index contributed by atoms with van der Waals surface area (Å²) in [7, 11) is -4.09. The van der Waals surface area contributed by atoms with Crippen molar-refractivity contribution in [1.29, 1.82) is 0 Å². The predicted octanol–water partition coefficient (Wildman–Crippen LogP) is 4.11. The van der Waals surface area contributed by atoms with Crippen LogP contribution in [0, 0.1) is 0 Å². The zero-order valence-corrected chi connectivity index (χ0v) is 24.3. The van der Waals surface area contributed by atoms with Crippen molar-refractivity contribution in [3.8, 4) is 0 Å². The van der Waals surface area contributed by atoms with Crippen molar-refractivity contribution in [2.45, 2.75) is 154 Å². The number of aliphatic hydroxyl groups excluding tert-OH is 1. The number of hydrogen-bond acceptors (Lipinski definition) is 4. The molecule has 0 aliphatic carbocycles. The molecule has 2 atom stereocenters. The molecule has 2 unspecified atom stereocenters. The van der Waals surface area contributed by atoms with E-state index in [2.05, 4.69) is 6.92 Å². The molecular formula is C24H49KO4S. The largest absolute Gasteiger partial charge is 1.00 e. The fourth-order valence-corrected chi connectivity index (χ4v) is 4.31. The summed E-state index contributed by atoms with van der Waals surface area (Å²) in [6.45, 7) is 3.75. The minimum atomic E-state index is -4.09. The maximum absolute atomic E-state index is 10.8. The summed E-state index contributed by atoms with van der Waals surface area (Å²) >= 11 is 0. The third kappa shape index (κ3) is 24.2. The van der Waals surface area contributed by atoms with Crippen molar-refractivity contribution in [2.24, 2.45) is 0 Å². The molecule has 0 aromatic heterocycles. The molecule has 30 heavy (non-hydrogen) atoms. The molecule has 0 aromatic carbocycles. The summed E-state index contributed by atoms with van der Waals surface area (Å²) in [6, 6.07) is 0. The first-order valence-electron chi connectivity index (χ1n) is 12.5. The van der Waals surface area contributed by atoms with E-state index in [9.17, 15) is 18.1 Å². The molecule has 4 nitrogen and oxygen atoms in total. The third-order valence-electron chi connectivity index (χ3n) is 6.03. The Bertz CT molecular complexity index is 442. The SMILES string of the molecule is CCCCCCCCC(O)CCCCCCCCCCCCCC(C)S(=O)(=O)[O-].[K+]. The van der Waals surface area contributed by atoms with Gasteiger partial charge in [0.1, 0.15) is 0 Å². The van der Waals surface area contributed by atoms with Crippen LogP contribution < -0.4 is 51.4 Å². The summed E-state index contributed by atoms with van der Waals surface area (Å²) in [5, 5.41) is 9.30. The molecule has 0 radical (unpaired) electrons. The van der Waals surface area contributed by atoms with Crippen molar-refractivity contribution in [3.63, 3.8) is 0 Å². The topological polar surface area (TPSA) is 77.4 Å². The maximum atomic E-state index is 10.8. The molecule has 0 aromatic rings. The van der Waals surface area contributed by atoms with Crippen molar-refractivity contribution >= 4 is 10.1 Å². The fourth-order valence-electron chi connectivity index (χ4n) is 3.85. The predicted molar refractivity (Wildman–Crippen MR) is 123 cm³/mol. The fraction of sp³-hybridized carbons (Fsp3) is 1.00. The molecule has 0 bridgehead atoms. The van der Waals surface area contributed by atoms with Crippen molar-refractivity contribution in [2.75, 3.05) is 0 Å². The Morgan fingerprint density at radius 1 is 0.633 bits per heavy atom. The molecule has 0 fully saturated rings. The smallest absolute Gasteiger partial charge is 0.748 e. The molecule has 6 heteroatoms. The van der Waals surface area contributed by atoms with Gasteiger partial charge < -0.3 is 9.66 Å². The van der Waals surface area contributed by atoms with Gasteiger partial charge in [0.2, 0.25) is 0 Å². The van der Waals surface area contributed by atoms with Crippen molar-refractivity contribution in [1.82, 2.24) is 0 Å². The Morgan fingerprint density at radius 3 is 1.27 bits per heavy atom. The second-order valence-electron chi connectivity index (χ2n) is 8.98. The van der Waals surface area contributed by atoms with Crippen LogP contribution in [0.3, 0.4) is 0 Å². The number of aliphatic hydroxyl groups is 1. The van der Waals surface area contributed by atoms with Crippen LogP contribution >= 0.6 is 0 Å². The quantitative estimate of drug-likeness (QED) is 0.146. The molecule has 1 N–H and O–H groups in total. The summed E-state index contributed by atoms with van der Waals surface area (Å²) < 4.78 is 32.4. The standard InChI is InChI=1S/C24H50O4S.K/c1-3-4-5-6-15-18-21-24(25)22-19-16-13-11-9-7-8-10-12-14-17-20-23(2)29(26,27)28;/h23-25H,3-22H2,1-2H3,(H,26,27,28);/q;+1/p-1. The Morgan fingerprint density at radius 2 is 0.933 bits per heavy atom. The summed E-state index contributed by atoms with van der Waals surface area (Å²) in [4.78, 5) is 0. The molecule has 0 aliphatic heterocycles. The van der Waals surface area contributed by atoms with Crippen LogP contribution in [-0.2, 0) is 10.1 Å². The third-order valence-corrected chi connectivity index (χ3v) is 7.25. The normalized spacial score (nSPS) is 13.7. The molecule has 176 valence electrons. The average molecular weight is 473 g/mol. The van der Waals surface area contributed by atoms with Gasteiger partial charge in [0.15, 0.2) is 0 Å². The van der Waals surface area contributed by atoms with Gasteiger partial charge in [-0.3, -0.25) is 0 Å². The molecule has 0 saturated carbocycles.